The normalized spacial score (nSPS) is 19.4. The third-order valence-corrected chi connectivity index (χ3v) is 6.79. The summed E-state index contributed by atoms with van der Waals surface area (Å²) in [6, 6.07) is 10.3. The van der Waals surface area contributed by atoms with Gasteiger partial charge in [0.05, 0.1) is 36.3 Å². The number of rotatable bonds is 10. The Morgan fingerprint density at radius 1 is 1.21 bits per heavy atom. The number of morpholine rings is 1. The molecule has 4 rings (SSSR count). The van der Waals surface area contributed by atoms with Gasteiger partial charge in [-0.1, -0.05) is 25.1 Å². The highest BCUT2D eigenvalue weighted by atomic mass is 32.1. The van der Waals surface area contributed by atoms with Gasteiger partial charge in [-0.2, -0.15) is 0 Å². The van der Waals surface area contributed by atoms with E-state index >= 15 is 0 Å². The molecule has 33 heavy (non-hydrogen) atoms. The van der Waals surface area contributed by atoms with E-state index in [4.69, 9.17) is 9.47 Å². The van der Waals surface area contributed by atoms with Crippen LogP contribution in [0, 0.1) is 0 Å². The Balaban J connectivity index is 1.61. The van der Waals surface area contributed by atoms with E-state index in [-0.39, 0.29) is 11.4 Å². The first-order valence-corrected chi connectivity index (χ1v) is 12.3. The Kier molecular flexibility index (Phi) is 7.80. The molecule has 0 radical (unpaired) electrons. The van der Waals surface area contributed by atoms with Crippen LogP contribution >= 0.6 is 11.3 Å². The average Bonchev–Trinajstić information content (AvgIpc) is 3.46. The first-order chi connectivity index (χ1) is 16.1. The van der Waals surface area contributed by atoms with Crippen LogP contribution in [0.1, 0.15) is 41.0 Å². The van der Waals surface area contributed by atoms with Crippen LogP contribution in [0.4, 0.5) is 0 Å². The number of amides is 1. The number of hydrogen-bond acceptors (Lipinski definition) is 7. The van der Waals surface area contributed by atoms with E-state index in [0.717, 1.165) is 51.3 Å². The largest absolute Gasteiger partial charge is 0.503 e. The van der Waals surface area contributed by atoms with Crippen molar-refractivity contribution < 1.29 is 24.2 Å². The maximum atomic E-state index is 13.3. The van der Waals surface area contributed by atoms with E-state index in [1.165, 1.54) is 11.3 Å². The van der Waals surface area contributed by atoms with Gasteiger partial charge in [0.15, 0.2) is 5.76 Å². The predicted molar refractivity (Wildman–Crippen MR) is 127 cm³/mol. The summed E-state index contributed by atoms with van der Waals surface area (Å²) >= 11 is 1.30. The Hall–Kier alpha value is -2.68. The standard InChI is InChI=1S/C25H30N2O5S/c1-2-13-32-19-7-3-6-18(17-19)22-21(23(28)20-8-4-16-33-20)24(29)25(30)27(22)10-5-9-26-11-14-31-15-12-26/h3-4,6-8,16-17,22,29H,2,5,9-15H2,1H3/t22-/m1/s1. The molecular formula is C25H30N2O5S. The van der Waals surface area contributed by atoms with Crippen molar-refractivity contribution in [2.24, 2.45) is 0 Å². The van der Waals surface area contributed by atoms with Crippen molar-refractivity contribution in [3.05, 3.63) is 63.6 Å². The number of carbonyl (C=O) groups is 2. The van der Waals surface area contributed by atoms with Crippen LogP contribution in [0.3, 0.4) is 0 Å². The minimum Gasteiger partial charge on any atom is -0.503 e. The lowest BCUT2D eigenvalue weighted by Gasteiger charge is -2.30. The highest BCUT2D eigenvalue weighted by Gasteiger charge is 2.43. The van der Waals surface area contributed by atoms with Gasteiger partial charge >= 0.3 is 0 Å². The zero-order chi connectivity index (χ0) is 23.2. The van der Waals surface area contributed by atoms with Gasteiger partial charge in [0.1, 0.15) is 5.75 Å². The second-order valence-corrected chi connectivity index (χ2v) is 9.15. The van der Waals surface area contributed by atoms with Crippen molar-refractivity contribution in [3.8, 4) is 5.75 Å². The smallest absolute Gasteiger partial charge is 0.290 e. The Morgan fingerprint density at radius 2 is 2.03 bits per heavy atom. The second-order valence-electron chi connectivity index (χ2n) is 8.20. The fourth-order valence-corrected chi connectivity index (χ4v) is 4.96. The first kappa shape index (κ1) is 23.5. The number of ketones is 1. The number of Topliss-reactive ketones (excluding diaryl/α,β-unsaturated/α-hetero) is 1. The molecule has 1 N–H and O–H groups in total. The zero-order valence-electron chi connectivity index (χ0n) is 18.9. The van der Waals surface area contributed by atoms with Gasteiger partial charge in [-0.15, -0.1) is 11.3 Å². The van der Waals surface area contributed by atoms with Crippen molar-refractivity contribution >= 4 is 23.0 Å². The topological polar surface area (TPSA) is 79.3 Å². The molecule has 0 saturated carbocycles. The fourth-order valence-electron chi connectivity index (χ4n) is 4.29. The third-order valence-electron chi connectivity index (χ3n) is 5.92. The average molecular weight is 471 g/mol. The maximum absolute atomic E-state index is 13.3. The number of thiophene rings is 1. The highest BCUT2D eigenvalue weighted by Crippen LogP contribution is 2.40. The van der Waals surface area contributed by atoms with Gasteiger partial charge in [-0.25, -0.2) is 0 Å². The zero-order valence-corrected chi connectivity index (χ0v) is 19.7. The molecule has 1 atom stereocenters. The first-order valence-electron chi connectivity index (χ1n) is 11.4. The molecule has 1 aromatic carbocycles. The van der Waals surface area contributed by atoms with Crippen LogP contribution in [0.15, 0.2) is 53.1 Å². The van der Waals surface area contributed by atoms with Crippen LogP contribution in [0.25, 0.3) is 0 Å². The van der Waals surface area contributed by atoms with Crippen molar-refractivity contribution in [3.63, 3.8) is 0 Å². The van der Waals surface area contributed by atoms with Gasteiger partial charge in [0, 0.05) is 26.2 Å². The number of aliphatic hydroxyl groups excluding tert-OH is 1. The Labute approximate surface area is 198 Å². The number of hydrogen-bond donors (Lipinski definition) is 1. The van der Waals surface area contributed by atoms with Crippen LogP contribution < -0.4 is 4.74 Å². The summed E-state index contributed by atoms with van der Waals surface area (Å²) in [5, 5.41) is 12.6. The molecule has 1 amide bonds. The molecule has 1 saturated heterocycles. The van der Waals surface area contributed by atoms with Crippen molar-refractivity contribution in [2.75, 3.05) is 46.0 Å². The van der Waals surface area contributed by atoms with Crippen LogP contribution in [-0.4, -0.2) is 72.6 Å². The fraction of sp³-hybridized carbons (Fsp3) is 0.440. The van der Waals surface area contributed by atoms with E-state index < -0.39 is 17.7 Å². The lowest BCUT2D eigenvalue weighted by atomic mass is 9.95. The molecule has 1 aromatic heterocycles. The molecule has 8 heteroatoms. The SMILES string of the molecule is CCCOc1cccc([C@@H]2C(C(=O)c3cccs3)=C(O)C(=O)N2CCCN2CCOCC2)c1. The summed E-state index contributed by atoms with van der Waals surface area (Å²) in [4.78, 5) is 30.9. The number of aliphatic hydroxyl groups is 1. The molecule has 2 aliphatic rings. The lowest BCUT2D eigenvalue weighted by Crippen LogP contribution is -2.39. The molecule has 0 bridgehead atoms. The summed E-state index contributed by atoms with van der Waals surface area (Å²) in [5.41, 5.74) is 0.897. The van der Waals surface area contributed by atoms with Crippen LogP contribution in [0.5, 0.6) is 5.75 Å². The minimum absolute atomic E-state index is 0.140. The van der Waals surface area contributed by atoms with E-state index in [1.54, 1.807) is 17.0 Å². The molecule has 7 nitrogen and oxygen atoms in total. The van der Waals surface area contributed by atoms with E-state index in [2.05, 4.69) is 4.90 Å². The van der Waals surface area contributed by atoms with Gasteiger partial charge < -0.3 is 19.5 Å². The second kappa shape index (κ2) is 11.0. The Morgan fingerprint density at radius 3 is 2.76 bits per heavy atom. The summed E-state index contributed by atoms with van der Waals surface area (Å²) in [5.74, 6) is -0.577. The van der Waals surface area contributed by atoms with E-state index in [9.17, 15) is 14.7 Å². The number of ether oxygens (including phenoxy) is 2. The van der Waals surface area contributed by atoms with E-state index in [0.29, 0.717) is 23.8 Å². The van der Waals surface area contributed by atoms with Crippen molar-refractivity contribution in [1.29, 1.82) is 0 Å². The van der Waals surface area contributed by atoms with Gasteiger partial charge in [-0.3, -0.25) is 14.5 Å². The van der Waals surface area contributed by atoms with Gasteiger partial charge in [0.25, 0.3) is 5.91 Å². The molecule has 176 valence electrons. The quantitative estimate of drug-likeness (QED) is 0.532. The number of nitrogens with zero attached hydrogens (tertiary/aromatic N) is 2. The minimum atomic E-state index is -0.651. The number of benzene rings is 1. The third kappa shape index (κ3) is 5.29. The molecule has 2 aromatic rings. The maximum Gasteiger partial charge on any atom is 0.290 e. The monoisotopic (exact) mass is 470 g/mol. The molecule has 2 aliphatic heterocycles. The highest BCUT2D eigenvalue weighted by molar-refractivity contribution is 7.12. The summed E-state index contributed by atoms with van der Waals surface area (Å²) in [6.07, 6.45) is 1.62. The molecule has 1 fully saturated rings. The molecule has 0 unspecified atom stereocenters. The summed E-state index contributed by atoms with van der Waals surface area (Å²) in [7, 11) is 0. The predicted octanol–water partition coefficient (Wildman–Crippen LogP) is 3.84. The molecule has 0 spiro atoms. The van der Waals surface area contributed by atoms with Crippen LogP contribution in [-0.2, 0) is 9.53 Å². The van der Waals surface area contributed by atoms with Crippen molar-refractivity contribution in [2.45, 2.75) is 25.8 Å². The summed E-state index contributed by atoms with van der Waals surface area (Å²) < 4.78 is 11.2. The Bertz CT molecular complexity index is 998. The summed E-state index contributed by atoms with van der Waals surface area (Å²) in [6.45, 7) is 7.07. The van der Waals surface area contributed by atoms with Gasteiger partial charge in [-0.05, 0) is 42.0 Å². The lowest BCUT2D eigenvalue weighted by molar-refractivity contribution is -0.129. The molecule has 3 heterocycles. The van der Waals surface area contributed by atoms with Crippen LogP contribution in [0.2, 0.25) is 0 Å². The van der Waals surface area contributed by atoms with Crippen molar-refractivity contribution in [1.82, 2.24) is 9.80 Å². The van der Waals surface area contributed by atoms with Gasteiger partial charge in [0.2, 0.25) is 5.78 Å². The van der Waals surface area contributed by atoms with E-state index in [1.807, 2.05) is 36.6 Å². The molecular weight excluding hydrogens is 440 g/mol. The number of carbonyl (C=O) groups excluding carboxylic acids is 2. The molecule has 0 aliphatic carbocycles.